The molecule has 0 aliphatic carbocycles. The molecule has 2 rings (SSSR count). The molecule has 3 N–H and O–H groups in total. The van der Waals surface area contributed by atoms with E-state index in [0.717, 1.165) is 19.5 Å². The van der Waals surface area contributed by atoms with Crippen LogP contribution in [0, 0.1) is 0 Å². The van der Waals surface area contributed by atoms with Crippen molar-refractivity contribution in [3.05, 3.63) is 83.9 Å². The van der Waals surface area contributed by atoms with E-state index >= 15 is 0 Å². The molecule has 0 aliphatic rings. The van der Waals surface area contributed by atoms with Crippen molar-refractivity contribution in [1.82, 2.24) is 5.32 Å². The monoisotopic (exact) mass is 369 g/mol. The predicted molar refractivity (Wildman–Crippen MR) is 107 cm³/mol. The molecule has 0 aromatic heterocycles. The lowest BCUT2D eigenvalue weighted by molar-refractivity contribution is -0.134. The lowest BCUT2D eigenvalue weighted by Gasteiger charge is -2.18. The number of carboxylic acids is 2. The van der Waals surface area contributed by atoms with Gasteiger partial charge in [-0.25, -0.2) is 9.59 Å². The number of hydrogen-bond acceptors (Lipinski definition) is 3. The summed E-state index contributed by atoms with van der Waals surface area (Å²) in [4.78, 5) is 19.1. The number of carboxylic acid groups (broad SMARTS) is 2. The first-order chi connectivity index (χ1) is 13.0. The van der Waals surface area contributed by atoms with Crippen LogP contribution in [-0.2, 0) is 9.59 Å². The molecular formula is C22H27NO4. The molecule has 5 nitrogen and oxygen atoms in total. The molecule has 0 saturated carbocycles. The van der Waals surface area contributed by atoms with Gasteiger partial charge in [0.2, 0.25) is 0 Å². The minimum Gasteiger partial charge on any atom is -0.478 e. The van der Waals surface area contributed by atoms with Crippen molar-refractivity contribution in [2.24, 2.45) is 0 Å². The highest BCUT2D eigenvalue weighted by molar-refractivity contribution is 5.89. The summed E-state index contributed by atoms with van der Waals surface area (Å²) in [6, 6.07) is 21.6. The number of nitrogens with one attached hydrogen (secondary N) is 1. The fourth-order valence-electron chi connectivity index (χ4n) is 2.59. The van der Waals surface area contributed by atoms with Crippen LogP contribution in [-0.4, -0.2) is 35.2 Å². The Morgan fingerprint density at radius 2 is 1.30 bits per heavy atom. The van der Waals surface area contributed by atoms with Gasteiger partial charge in [-0.15, -0.1) is 0 Å². The average Bonchev–Trinajstić information content (AvgIpc) is 2.68. The maximum Gasteiger partial charge on any atom is 0.328 e. The third kappa shape index (κ3) is 9.97. The molecule has 27 heavy (non-hydrogen) atoms. The van der Waals surface area contributed by atoms with E-state index in [2.05, 4.69) is 72.9 Å². The number of aliphatic carboxylic acids is 2. The molecule has 0 saturated heterocycles. The molecule has 0 spiro atoms. The Morgan fingerprint density at radius 3 is 1.67 bits per heavy atom. The molecule has 0 amide bonds. The Labute approximate surface area is 160 Å². The zero-order chi connectivity index (χ0) is 19.9. The van der Waals surface area contributed by atoms with Gasteiger partial charge < -0.3 is 15.5 Å². The standard InChI is InChI=1S/C18H23N.C4H4O4/c1-2-14-19-15-13-18(16-9-5-3-6-10-16)17-11-7-4-8-12-17;5-3(6)1-2-4(7)8/h3-12,18-19H,2,13-15H2,1H3;1-2H,(H,5,6)(H,7,8). The van der Waals surface area contributed by atoms with Gasteiger partial charge in [-0.05, 0) is 37.1 Å². The summed E-state index contributed by atoms with van der Waals surface area (Å²) in [5.74, 6) is -2.02. The van der Waals surface area contributed by atoms with Crippen LogP contribution in [0.2, 0.25) is 0 Å². The van der Waals surface area contributed by atoms with Crippen molar-refractivity contribution in [2.45, 2.75) is 25.7 Å². The third-order valence-electron chi connectivity index (χ3n) is 3.81. The highest BCUT2D eigenvalue weighted by Crippen LogP contribution is 2.27. The normalized spacial score (nSPS) is 10.4. The van der Waals surface area contributed by atoms with Gasteiger partial charge >= 0.3 is 11.9 Å². The van der Waals surface area contributed by atoms with E-state index in [0.29, 0.717) is 18.1 Å². The molecule has 2 aromatic carbocycles. The Hall–Kier alpha value is -2.92. The van der Waals surface area contributed by atoms with Crippen LogP contribution in [0.3, 0.4) is 0 Å². The first kappa shape index (κ1) is 22.1. The van der Waals surface area contributed by atoms with Crippen molar-refractivity contribution >= 4 is 11.9 Å². The third-order valence-corrected chi connectivity index (χ3v) is 3.81. The van der Waals surface area contributed by atoms with E-state index in [1.165, 1.54) is 17.5 Å². The molecule has 0 heterocycles. The van der Waals surface area contributed by atoms with Gasteiger partial charge in [0.25, 0.3) is 0 Å². The minimum absolute atomic E-state index is 0.492. The SMILES string of the molecule is CCCNCCC(c1ccccc1)c1ccccc1.O=C(O)C=CC(=O)O. The van der Waals surface area contributed by atoms with E-state index in [1.807, 2.05) is 0 Å². The van der Waals surface area contributed by atoms with Crippen LogP contribution >= 0.6 is 0 Å². The van der Waals surface area contributed by atoms with Crippen molar-refractivity contribution in [3.63, 3.8) is 0 Å². The van der Waals surface area contributed by atoms with E-state index < -0.39 is 11.9 Å². The summed E-state index contributed by atoms with van der Waals surface area (Å²) >= 11 is 0. The second kappa shape index (κ2) is 13.3. The van der Waals surface area contributed by atoms with Crippen molar-refractivity contribution in [3.8, 4) is 0 Å². The number of benzene rings is 2. The van der Waals surface area contributed by atoms with E-state index in [4.69, 9.17) is 10.2 Å². The summed E-state index contributed by atoms with van der Waals surface area (Å²) in [5, 5.41) is 19.1. The fraction of sp³-hybridized carbons (Fsp3) is 0.273. The summed E-state index contributed by atoms with van der Waals surface area (Å²) in [7, 11) is 0. The van der Waals surface area contributed by atoms with E-state index in [9.17, 15) is 9.59 Å². The van der Waals surface area contributed by atoms with Crippen LogP contribution in [0.25, 0.3) is 0 Å². The lowest BCUT2D eigenvalue weighted by atomic mass is 9.88. The van der Waals surface area contributed by atoms with Gasteiger partial charge in [-0.1, -0.05) is 67.6 Å². The largest absolute Gasteiger partial charge is 0.478 e. The van der Waals surface area contributed by atoms with Crippen LogP contribution in [0.15, 0.2) is 72.8 Å². The van der Waals surface area contributed by atoms with Crippen molar-refractivity contribution in [2.75, 3.05) is 13.1 Å². The van der Waals surface area contributed by atoms with Crippen LogP contribution in [0.5, 0.6) is 0 Å². The van der Waals surface area contributed by atoms with E-state index in [1.54, 1.807) is 0 Å². The van der Waals surface area contributed by atoms with Crippen LogP contribution in [0.4, 0.5) is 0 Å². The van der Waals surface area contributed by atoms with Gasteiger partial charge in [0, 0.05) is 18.1 Å². The maximum absolute atomic E-state index is 9.55. The fourth-order valence-corrected chi connectivity index (χ4v) is 2.59. The first-order valence-corrected chi connectivity index (χ1v) is 8.99. The van der Waals surface area contributed by atoms with Crippen LogP contribution < -0.4 is 5.32 Å². The van der Waals surface area contributed by atoms with E-state index in [-0.39, 0.29) is 0 Å². The first-order valence-electron chi connectivity index (χ1n) is 8.99. The molecule has 0 unspecified atom stereocenters. The Bertz CT molecular complexity index is 643. The number of hydrogen-bond donors (Lipinski definition) is 3. The number of rotatable bonds is 9. The zero-order valence-electron chi connectivity index (χ0n) is 15.5. The zero-order valence-corrected chi connectivity index (χ0v) is 15.5. The summed E-state index contributed by atoms with van der Waals surface area (Å²) in [5.41, 5.74) is 2.82. The Morgan fingerprint density at radius 1 is 0.852 bits per heavy atom. The van der Waals surface area contributed by atoms with Gasteiger partial charge in [-0.2, -0.15) is 0 Å². The maximum atomic E-state index is 9.55. The van der Waals surface area contributed by atoms with Crippen LogP contribution in [0.1, 0.15) is 36.8 Å². The summed E-state index contributed by atoms with van der Waals surface area (Å²) in [6.07, 6.45) is 3.46. The molecule has 2 aromatic rings. The highest BCUT2D eigenvalue weighted by Gasteiger charge is 2.12. The van der Waals surface area contributed by atoms with Gasteiger partial charge in [-0.3, -0.25) is 0 Å². The predicted octanol–water partition coefficient (Wildman–Crippen LogP) is 3.92. The van der Waals surface area contributed by atoms with Gasteiger partial charge in [0.1, 0.15) is 0 Å². The molecule has 0 atom stereocenters. The summed E-state index contributed by atoms with van der Waals surface area (Å²) in [6.45, 7) is 4.39. The topological polar surface area (TPSA) is 86.6 Å². The van der Waals surface area contributed by atoms with Gasteiger partial charge in [0.05, 0.1) is 0 Å². The quantitative estimate of drug-likeness (QED) is 0.461. The van der Waals surface area contributed by atoms with Crippen molar-refractivity contribution < 1.29 is 19.8 Å². The Kier molecular flexibility index (Phi) is 10.9. The number of carbonyl (C=O) groups is 2. The molecular weight excluding hydrogens is 342 g/mol. The molecule has 0 aliphatic heterocycles. The molecule has 144 valence electrons. The average molecular weight is 369 g/mol. The molecule has 0 fully saturated rings. The molecule has 5 heteroatoms. The van der Waals surface area contributed by atoms with Gasteiger partial charge in [0.15, 0.2) is 0 Å². The second-order valence-corrected chi connectivity index (χ2v) is 5.92. The van der Waals surface area contributed by atoms with Crippen molar-refractivity contribution in [1.29, 1.82) is 0 Å². The minimum atomic E-state index is -1.26. The molecule has 0 bridgehead atoms. The summed E-state index contributed by atoms with van der Waals surface area (Å²) < 4.78 is 0. The lowest BCUT2D eigenvalue weighted by Crippen LogP contribution is -2.18. The smallest absolute Gasteiger partial charge is 0.328 e. The molecule has 0 radical (unpaired) electrons. The Balaban J connectivity index is 0.000000387. The highest BCUT2D eigenvalue weighted by atomic mass is 16.4. The second-order valence-electron chi connectivity index (χ2n) is 5.92.